The Labute approximate surface area is 109 Å². The summed E-state index contributed by atoms with van der Waals surface area (Å²) in [5.74, 6) is -0.240. The van der Waals surface area contributed by atoms with Gasteiger partial charge in [0.25, 0.3) is 0 Å². The van der Waals surface area contributed by atoms with Gasteiger partial charge in [-0.15, -0.1) is 12.4 Å². The fraction of sp³-hybridized carbons (Fsp3) is 0.462. The number of rotatable bonds is 4. The lowest BCUT2D eigenvalue weighted by Gasteiger charge is -2.15. The molecule has 0 spiro atoms. The van der Waals surface area contributed by atoms with Crippen molar-refractivity contribution in [3.63, 3.8) is 0 Å². The van der Waals surface area contributed by atoms with Gasteiger partial charge in [-0.1, -0.05) is 18.2 Å². The second-order valence-corrected chi connectivity index (χ2v) is 3.90. The van der Waals surface area contributed by atoms with Crippen LogP contribution in [0.5, 0.6) is 0 Å². The molecule has 0 aliphatic heterocycles. The number of hydrogen-bond acceptors (Lipinski definition) is 3. The third-order valence-corrected chi connectivity index (χ3v) is 2.74. The standard InChI is InChI=1S/C13H19NO2.ClH/c1-4-16-13(15)8-12(14)11-7-5-6-9(2)10(11)3;/h5-7,12H,4,8,14H2,1-3H3;1H/t12-;/m0./s1. The highest BCUT2D eigenvalue weighted by atomic mass is 35.5. The summed E-state index contributed by atoms with van der Waals surface area (Å²) in [5, 5.41) is 0. The zero-order chi connectivity index (χ0) is 12.1. The van der Waals surface area contributed by atoms with E-state index in [1.807, 2.05) is 32.0 Å². The van der Waals surface area contributed by atoms with Crippen LogP contribution >= 0.6 is 12.4 Å². The van der Waals surface area contributed by atoms with Crippen molar-refractivity contribution in [1.29, 1.82) is 0 Å². The van der Waals surface area contributed by atoms with Crippen molar-refractivity contribution in [3.8, 4) is 0 Å². The van der Waals surface area contributed by atoms with E-state index in [2.05, 4.69) is 0 Å². The highest BCUT2D eigenvalue weighted by Crippen LogP contribution is 2.21. The minimum absolute atomic E-state index is 0. The van der Waals surface area contributed by atoms with Crippen LogP contribution in [0.15, 0.2) is 18.2 Å². The van der Waals surface area contributed by atoms with E-state index >= 15 is 0 Å². The molecule has 0 aliphatic carbocycles. The van der Waals surface area contributed by atoms with Gasteiger partial charge in [-0.3, -0.25) is 4.79 Å². The smallest absolute Gasteiger partial charge is 0.307 e. The normalized spacial score (nSPS) is 11.5. The van der Waals surface area contributed by atoms with Gasteiger partial charge >= 0.3 is 5.97 Å². The van der Waals surface area contributed by atoms with Crippen molar-refractivity contribution in [2.45, 2.75) is 33.2 Å². The molecule has 0 heterocycles. The zero-order valence-corrected chi connectivity index (χ0v) is 11.3. The number of esters is 1. The first-order valence-corrected chi connectivity index (χ1v) is 5.53. The number of hydrogen-bond donors (Lipinski definition) is 1. The van der Waals surface area contributed by atoms with Crippen molar-refractivity contribution in [2.24, 2.45) is 5.73 Å². The maximum absolute atomic E-state index is 11.3. The minimum Gasteiger partial charge on any atom is -0.466 e. The van der Waals surface area contributed by atoms with Gasteiger partial charge in [0.15, 0.2) is 0 Å². The summed E-state index contributed by atoms with van der Waals surface area (Å²) < 4.78 is 4.89. The Morgan fingerprint density at radius 3 is 2.65 bits per heavy atom. The van der Waals surface area contributed by atoms with Gasteiger partial charge in [0.05, 0.1) is 13.0 Å². The van der Waals surface area contributed by atoms with Crippen LogP contribution in [0.25, 0.3) is 0 Å². The molecular weight excluding hydrogens is 238 g/mol. The number of halogens is 1. The highest BCUT2D eigenvalue weighted by molar-refractivity contribution is 5.85. The number of nitrogens with two attached hydrogens (primary N) is 1. The van der Waals surface area contributed by atoms with Crippen molar-refractivity contribution >= 4 is 18.4 Å². The van der Waals surface area contributed by atoms with Crippen molar-refractivity contribution in [2.75, 3.05) is 6.61 Å². The molecular formula is C13H20ClNO2. The molecule has 0 fully saturated rings. The van der Waals surface area contributed by atoms with E-state index in [0.29, 0.717) is 6.61 Å². The third-order valence-electron chi connectivity index (χ3n) is 2.74. The SMILES string of the molecule is CCOC(=O)C[C@H](N)c1cccc(C)c1C.Cl. The molecule has 1 aromatic rings. The van der Waals surface area contributed by atoms with Crippen LogP contribution in [-0.4, -0.2) is 12.6 Å². The molecule has 0 amide bonds. The fourth-order valence-corrected chi connectivity index (χ4v) is 1.68. The minimum atomic E-state index is -0.279. The lowest BCUT2D eigenvalue weighted by atomic mass is 9.96. The van der Waals surface area contributed by atoms with E-state index in [4.69, 9.17) is 10.5 Å². The molecule has 4 heteroatoms. The number of ether oxygens (including phenoxy) is 1. The first-order valence-electron chi connectivity index (χ1n) is 5.53. The summed E-state index contributed by atoms with van der Waals surface area (Å²) in [5.41, 5.74) is 9.36. The van der Waals surface area contributed by atoms with Crippen LogP contribution in [0.1, 0.15) is 36.1 Å². The fourth-order valence-electron chi connectivity index (χ4n) is 1.68. The lowest BCUT2D eigenvalue weighted by Crippen LogP contribution is -2.18. The summed E-state index contributed by atoms with van der Waals surface area (Å²) in [6.07, 6.45) is 0.234. The molecule has 1 atom stereocenters. The Bertz CT molecular complexity index is 380. The van der Waals surface area contributed by atoms with Crippen LogP contribution < -0.4 is 5.73 Å². The Morgan fingerprint density at radius 1 is 1.41 bits per heavy atom. The van der Waals surface area contributed by atoms with Gasteiger partial charge in [-0.2, -0.15) is 0 Å². The number of carbonyl (C=O) groups is 1. The predicted octanol–water partition coefficient (Wildman–Crippen LogP) is 2.68. The zero-order valence-electron chi connectivity index (χ0n) is 10.5. The molecule has 0 aliphatic rings. The molecule has 0 bridgehead atoms. The lowest BCUT2D eigenvalue weighted by molar-refractivity contribution is -0.143. The maximum Gasteiger partial charge on any atom is 0.307 e. The van der Waals surface area contributed by atoms with Crippen LogP contribution in [0, 0.1) is 13.8 Å². The van der Waals surface area contributed by atoms with Gasteiger partial charge in [0.2, 0.25) is 0 Å². The second kappa shape index (κ2) is 7.30. The quantitative estimate of drug-likeness (QED) is 0.844. The molecule has 1 rings (SSSR count). The largest absolute Gasteiger partial charge is 0.466 e. The summed E-state index contributed by atoms with van der Waals surface area (Å²) in [6.45, 7) is 6.26. The van der Waals surface area contributed by atoms with E-state index < -0.39 is 0 Å². The third kappa shape index (κ3) is 4.36. The molecule has 96 valence electrons. The first-order chi connectivity index (χ1) is 7.56. The molecule has 0 radical (unpaired) electrons. The molecule has 0 unspecified atom stereocenters. The maximum atomic E-state index is 11.3. The molecule has 0 saturated carbocycles. The molecule has 0 aromatic heterocycles. The number of aryl methyl sites for hydroxylation is 1. The number of benzene rings is 1. The van der Waals surface area contributed by atoms with Gasteiger partial charge in [-0.05, 0) is 37.5 Å². The van der Waals surface area contributed by atoms with E-state index in [9.17, 15) is 4.79 Å². The second-order valence-electron chi connectivity index (χ2n) is 3.90. The molecule has 0 saturated heterocycles. The highest BCUT2D eigenvalue weighted by Gasteiger charge is 2.14. The molecule has 3 nitrogen and oxygen atoms in total. The van der Waals surface area contributed by atoms with E-state index in [0.717, 1.165) is 11.1 Å². The van der Waals surface area contributed by atoms with Crippen molar-refractivity contribution in [1.82, 2.24) is 0 Å². The monoisotopic (exact) mass is 257 g/mol. The Kier molecular flexibility index (Phi) is 6.85. The van der Waals surface area contributed by atoms with Crippen molar-refractivity contribution in [3.05, 3.63) is 34.9 Å². The molecule has 17 heavy (non-hydrogen) atoms. The summed E-state index contributed by atoms with van der Waals surface area (Å²) in [6, 6.07) is 5.68. The topological polar surface area (TPSA) is 52.3 Å². The Balaban J connectivity index is 0.00000256. The summed E-state index contributed by atoms with van der Waals surface area (Å²) >= 11 is 0. The summed E-state index contributed by atoms with van der Waals surface area (Å²) in [4.78, 5) is 11.3. The van der Waals surface area contributed by atoms with Gasteiger partial charge in [0, 0.05) is 6.04 Å². The molecule has 2 N–H and O–H groups in total. The van der Waals surface area contributed by atoms with E-state index in [1.54, 1.807) is 6.92 Å². The first kappa shape index (κ1) is 15.9. The average molecular weight is 258 g/mol. The Hall–Kier alpha value is -1.06. The van der Waals surface area contributed by atoms with Crippen LogP contribution in [0.2, 0.25) is 0 Å². The van der Waals surface area contributed by atoms with E-state index in [-0.39, 0.29) is 30.8 Å². The Morgan fingerprint density at radius 2 is 2.06 bits per heavy atom. The average Bonchev–Trinajstić information content (AvgIpc) is 2.22. The molecule has 1 aromatic carbocycles. The van der Waals surface area contributed by atoms with Crippen molar-refractivity contribution < 1.29 is 9.53 Å². The van der Waals surface area contributed by atoms with Gasteiger partial charge in [0.1, 0.15) is 0 Å². The van der Waals surface area contributed by atoms with Crippen LogP contribution in [-0.2, 0) is 9.53 Å². The van der Waals surface area contributed by atoms with Gasteiger partial charge in [-0.25, -0.2) is 0 Å². The van der Waals surface area contributed by atoms with Crippen LogP contribution in [0.4, 0.5) is 0 Å². The predicted molar refractivity (Wildman–Crippen MR) is 71.3 cm³/mol. The van der Waals surface area contributed by atoms with Gasteiger partial charge < -0.3 is 10.5 Å². The van der Waals surface area contributed by atoms with Crippen LogP contribution in [0.3, 0.4) is 0 Å². The number of carbonyl (C=O) groups excluding carboxylic acids is 1. The van der Waals surface area contributed by atoms with E-state index in [1.165, 1.54) is 5.56 Å². The summed E-state index contributed by atoms with van der Waals surface area (Å²) in [7, 11) is 0.